The summed E-state index contributed by atoms with van der Waals surface area (Å²) in [4.78, 5) is 17.2. The van der Waals surface area contributed by atoms with Crippen molar-refractivity contribution in [3.63, 3.8) is 0 Å². The van der Waals surface area contributed by atoms with Gasteiger partial charge in [-0.25, -0.2) is 4.98 Å². The number of alkyl halides is 3. The Bertz CT molecular complexity index is 1250. The number of fused-ring (bicyclic) bond motifs is 2. The highest BCUT2D eigenvalue weighted by molar-refractivity contribution is 7.18. The average molecular weight is 396 g/mol. The number of halogens is 3. The molecule has 0 spiro atoms. The summed E-state index contributed by atoms with van der Waals surface area (Å²) in [5.74, 6) is -1.60. The van der Waals surface area contributed by atoms with Crippen LogP contribution in [0, 0.1) is 11.3 Å². The molecule has 1 heterocycles. The van der Waals surface area contributed by atoms with Gasteiger partial charge in [0.05, 0.1) is 21.8 Å². The lowest BCUT2D eigenvalue weighted by Gasteiger charge is -2.08. The van der Waals surface area contributed by atoms with Crippen LogP contribution in [0.1, 0.15) is 26.8 Å². The van der Waals surface area contributed by atoms with E-state index in [0.29, 0.717) is 10.3 Å². The number of carbonyl (C=O) groups excluding carboxylic acids is 1. The Morgan fingerprint density at radius 2 is 1.82 bits per heavy atom. The van der Waals surface area contributed by atoms with Crippen LogP contribution in [0.4, 0.5) is 13.2 Å². The molecule has 0 saturated carbocycles. The van der Waals surface area contributed by atoms with Gasteiger partial charge in [0.15, 0.2) is 11.7 Å². The second-order valence-corrected chi connectivity index (χ2v) is 7.25. The molecule has 4 rings (SSSR count). The summed E-state index contributed by atoms with van der Waals surface area (Å²) in [5.41, 5.74) is -0.300. The van der Waals surface area contributed by atoms with Gasteiger partial charge in [0.25, 0.3) is 0 Å². The molecule has 3 aromatic carbocycles. The number of hydrogen-bond acceptors (Lipinski definition) is 4. The fourth-order valence-electron chi connectivity index (χ4n) is 3.07. The number of Topliss-reactive ketones (excluding diaryl/α,β-unsaturated/α-hetero) is 1. The molecule has 0 aliphatic heterocycles. The first-order valence-corrected chi connectivity index (χ1v) is 9.09. The van der Waals surface area contributed by atoms with Crippen LogP contribution >= 0.6 is 11.3 Å². The number of hydrogen-bond donors (Lipinski definition) is 0. The second-order valence-electron chi connectivity index (χ2n) is 6.19. The minimum absolute atomic E-state index is 0.126. The molecule has 138 valence electrons. The number of rotatable bonds is 3. The monoisotopic (exact) mass is 396 g/mol. The van der Waals surface area contributed by atoms with Crippen LogP contribution < -0.4 is 0 Å². The first-order valence-electron chi connectivity index (χ1n) is 8.28. The van der Waals surface area contributed by atoms with Gasteiger partial charge >= 0.3 is 6.18 Å². The van der Waals surface area contributed by atoms with Gasteiger partial charge in [-0.3, -0.25) is 4.79 Å². The van der Waals surface area contributed by atoms with E-state index in [1.165, 1.54) is 6.07 Å². The first-order chi connectivity index (χ1) is 13.4. The number of thiazole rings is 1. The van der Waals surface area contributed by atoms with Crippen molar-refractivity contribution in [2.75, 3.05) is 0 Å². The van der Waals surface area contributed by atoms with Crippen molar-refractivity contribution in [1.29, 1.82) is 5.26 Å². The zero-order valence-corrected chi connectivity index (χ0v) is 15.0. The summed E-state index contributed by atoms with van der Waals surface area (Å²) in [6, 6.07) is 17.7. The van der Waals surface area contributed by atoms with Crippen molar-refractivity contribution in [2.24, 2.45) is 0 Å². The summed E-state index contributed by atoms with van der Waals surface area (Å²) in [6.07, 6.45) is -4.48. The Morgan fingerprint density at radius 3 is 2.57 bits per heavy atom. The number of nitrogens with zero attached hydrogens (tertiary/aromatic N) is 2. The Morgan fingerprint density at radius 1 is 1.07 bits per heavy atom. The summed E-state index contributed by atoms with van der Waals surface area (Å²) in [5, 5.41) is 11.4. The van der Waals surface area contributed by atoms with Crippen molar-refractivity contribution in [2.45, 2.75) is 12.1 Å². The molecule has 4 aromatic rings. The molecule has 1 atom stereocenters. The Balaban J connectivity index is 1.78. The van der Waals surface area contributed by atoms with E-state index in [1.807, 2.05) is 24.3 Å². The van der Waals surface area contributed by atoms with E-state index >= 15 is 0 Å². The fourth-order valence-corrected chi connectivity index (χ4v) is 4.06. The maximum atomic E-state index is 13.1. The van der Waals surface area contributed by atoms with Crippen molar-refractivity contribution < 1.29 is 18.0 Å². The number of nitriles is 1. The predicted octanol–water partition coefficient (Wildman–Crippen LogP) is 5.96. The fraction of sp³-hybridized carbons (Fsp3) is 0.0952. The van der Waals surface area contributed by atoms with Gasteiger partial charge in [-0.05, 0) is 29.0 Å². The van der Waals surface area contributed by atoms with Crippen LogP contribution in [0.15, 0.2) is 60.7 Å². The smallest absolute Gasteiger partial charge is 0.292 e. The standard InChI is InChI=1S/C21H11F3N2OS/c22-21(23,24)13-8-9-18-17(10-13)26-20(28-18)16(11-25)19(27)15-7-3-5-12-4-1-2-6-14(12)15/h1-10,16H/t16-/m0/s1. The average Bonchev–Trinajstić information content (AvgIpc) is 3.10. The van der Waals surface area contributed by atoms with Gasteiger partial charge in [-0.1, -0.05) is 42.5 Å². The van der Waals surface area contributed by atoms with Gasteiger partial charge < -0.3 is 0 Å². The molecule has 28 heavy (non-hydrogen) atoms. The van der Waals surface area contributed by atoms with E-state index in [1.54, 1.807) is 24.3 Å². The quantitative estimate of drug-likeness (QED) is 0.402. The van der Waals surface area contributed by atoms with Crippen LogP contribution in [-0.4, -0.2) is 10.8 Å². The number of aromatic nitrogens is 1. The molecule has 0 amide bonds. The van der Waals surface area contributed by atoms with E-state index in [-0.39, 0.29) is 10.5 Å². The zero-order valence-electron chi connectivity index (χ0n) is 14.2. The molecule has 0 aliphatic rings. The van der Waals surface area contributed by atoms with Crippen LogP contribution in [0.5, 0.6) is 0 Å². The molecular weight excluding hydrogens is 385 g/mol. The maximum Gasteiger partial charge on any atom is 0.416 e. The minimum Gasteiger partial charge on any atom is -0.292 e. The summed E-state index contributed by atoms with van der Waals surface area (Å²) >= 11 is 1.06. The molecule has 0 bridgehead atoms. The van der Waals surface area contributed by atoms with Crippen LogP contribution in [0.2, 0.25) is 0 Å². The largest absolute Gasteiger partial charge is 0.416 e. The Hall–Kier alpha value is -3.24. The predicted molar refractivity (Wildman–Crippen MR) is 101 cm³/mol. The van der Waals surface area contributed by atoms with Crippen molar-refractivity contribution in [3.8, 4) is 6.07 Å². The highest BCUT2D eigenvalue weighted by Crippen LogP contribution is 2.35. The molecule has 0 radical (unpaired) electrons. The van der Waals surface area contributed by atoms with Crippen LogP contribution in [-0.2, 0) is 6.18 Å². The molecule has 0 saturated heterocycles. The van der Waals surface area contributed by atoms with Gasteiger partial charge in [0.2, 0.25) is 0 Å². The van der Waals surface area contributed by atoms with Crippen molar-refractivity contribution >= 4 is 38.1 Å². The first kappa shape index (κ1) is 18.1. The molecule has 0 unspecified atom stereocenters. The van der Waals surface area contributed by atoms with Crippen LogP contribution in [0.3, 0.4) is 0 Å². The topological polar surface area (TPSA) is 53.8 Å². The third-order valence-electron chi connectivity index (χ3n) is 4.42. The second kappa shape index (κ2) is 6.73. The molecular formula is C21H11F3N2OS. The minimum atomic E-state index is -4.48. The lowest BCUT2D eigenvalue weighted by Crippen LogP contribution is -2.11. The Labute approximate surface area is 161 Å². The molecule has 0 aliphatic carbocycles. The SMILES string of the molecule is N#C[C@@H](C(=O)c1cccc2ccccc12)c1nc2cc(C(F)(F)F)ccc2s1. The lowest BCUT2D eigenvalue weighted by molar-refractivity contribution is -0.137. The summed E-state index contributed by atoms with van der Waals surface area (Å²) in [6.45, 7) is 0. The van der Waals surface area contributed by atoms with E-state index in [4.69, 9.17) is 0 Å². The zero-order chi connectivity index (χ0) is 19.9. The van der Waals surface area contributed by atoms with E-state index in [2.05, 4.69) is 4.98 Å². The summed E-state index contributed by atoms with van der Waals surface area (Å²) in [7, 11) is 0. The normalized spacial score (nSPS) is 12.8. The lowest BCUT2D eigenvalue weighted by atomic mass is 9.94. The third-order valence-corrected chi connectivity index (χ3v) is 5.53. The molecule has 7 heteroatoms. The molecule has 0 fully saturated rings. The molecule has 0 N–H and O–H groups in total. The van der Waals surface area contributed by atoms with E-state index in [0.717, 1.165) is 34.2 Å². The van der Waals surface area contributed by atoms with E-state index < -0.39 is 23.4 Å². The highest BCUT2D eigenvalue weighted by atomic mass is 32.1. The number of ketones is 1. The molecule has 3 nitrogen and oxygen atoms in total. The highest BCUT2D eigenvalue weighted by Gasteiger charge is 2.32. The van der Waals surface area contributed by atoms with Crippen molar-refractivity contribution in [1.82, 2.24) is 4.98 Å². The number of benzene rings is 3. The van der Waals surface area contributed by atoms with Gasteiger partial charge in [0.1, 0.15) is 5.01 Å². The maximum absolute atomic E-state index is 13.1. The van der Waals surface area contributed by atoms with Crippen LogP contribution in [0.25, 0.3) is 21.0 Å². The Kier molecular flexibility index (Phi) is 4.36. The number of carbonyl (C=O) groups is 1. The third kappa shape index (κ3) is 3.12. The summed E-state index contributed by atoms with van der Waals surface area (Å²) < 4.78 is 39.2. The molecule has 1 aromatic heterocycles. The van der Waals surface area contributed by atoms with E-state index in [9.17, 15) is 23.2 Å². The van der Waals surface area contributed by atoms with Gasteiger partial charge in [-0.2, -0.15) is 18.4 Å². The van der Waals surface area contributed by atoms with Gasteiger partial charge in [-0.15, -0.1) is 11.3 Å². The van der Waals surface area contributed by atoms with Crippen molar-refractivity contribution in [3.05, 3.63) is 76.8 Å². The van der Waals surface area contributed by atoms with Gasteiger partial charge in [0, 0.05) is 5.56 Å².